The second kappa shape index (κ2) is 9.05. The van der Waals surface area contributed by atoms with Gasteiger partial charge in [0.2, 0.25) is 0 Å². The number of hydrogen-bond donors (Lipinski definition) is 1. The van der Waals surface area contributed by atoms with Crippen molar-refractivity contribution in [1.82, 2.24) is 20.0 Å². The largest absolute Gasteiger partial charge is 0.493 e. The number of ether oxygens (including phenoxy) is 1. The minimum atomic E-state index is 0.420. The van der Waals surface area contributed by atoms with E-state index in [2.05, 4.69) is 54.9 Å². The molecule has 0 saturated carbocycles. The lowest BCUT2D eigenvalue weighted by Crippen LogP contribution is -2.29. The molecule has 122 valence electrons. The second-order valence-electron chi connectivity index (χ2n) is 6.12. The number of aromatic nitrogens is 2. The molecular weight excluding hydrogens is 264 g/mol. The first-order valence-corrected chi connectivity index (χ1v) is 7.97. The topological polar surface area (TPSA) is 42.3 Å². The SMILES string of the molecule is CCCNC(C)CC(C)c1c(OC)cnn1CCN(C)C. The zero-order valence-corrected chi connectivity index (χ0v) is 14.5. The molecular formula is C16H32N4O. The predicted octanol–water partition coefficient (Wildman–Crippen LogP) is 2.33. The molecule has 2 atom stereocenters. The van der Waals surface area contributed by atoms with Crippen molar-refractivity contribution in [3.63, 3.8) is 0 Å². The molecule has 0 spiro atoms. The molecule has 5 heteroatoms. The summed E-state index contributed by atoms with van der Waals surface area (Å²) in [6.07, 6.45) is 4.10. The van der Waals surface area contributed by atoms with Crippen LogP contribution in [0, 0.1) is 0 Å². The van der Waals surface area contributed by atoms with E-state index in [0.29, 0.717) is 12.0 Å². The fraction of sp³-hybridized carbons (Fsp3) is 0.812. The Kier molecular flexibility index (Phi) is 7.75. The van der Waals surface area contributed by atoms with Crippen LogP contribution in [0.5, 0.6) is 5.75 Å². The molecule has 1 aromatic heterocycles. The molecule has 0 aliphatic rings. The van der Waals surface area contributed by atoms with Gasteiger partial charge in [-0.3, -0.25) is 4.68 Å². The summed E-state index contributed by atoms with van der Waals surface area (Å²) in [5, 5.41) is 8.05. The molecule has 0 bridgehead atoms. The quantitative estimate of drug-likeness (QED) is 0.719. The Morgan fingerprint density at radius 1 is 1.38 bits per heavy atom. The molecule has 0 amide bonds. The monoisotopic (exact) mass is 296 g/mol. The zero-order chi connectivity index (χ0) is 15.8. The third-order valence-corrected chi connectivity index (χ3v) is 3.74. The Hall–Kier alpha value is -1.07. The molecule has 0 aliphatic heterocycles. The van der Waals surface area contributed by atoms with Crippen LogP contribution >= 0.6 is 0 Å². The third-order valence-electron chi connectivity index (χ3n) is 3.74. The summed E-state index contributed by atoms with van der Waals surface area (Å²) < 4.78 is 7.59. The van der Waals surface area contributed by atoms with Crippen molar-refractivity contribution in [1.29, 1.82) is 0 Å². The molecule has 1 rings (SSSR count). The Morgan fingerprint density at radius 3 is 2.67 bits per heavy atom. The van der Waals surface area contributed by atoms with E-state index in [1.807, 2.05) is 6.20 Å². The van der Waals surface area contributed by atoms with Crippen LogP contribution in [0.2, 0.25) is 0 Å². The van der Waals surface area contributed by atoms with Crippen LogP contribution in [0.25, 0.3) is 0 Å². The lowest BCUT2D eigenvalue weighted by atomic mass is 9.98. The summed E-state index contributed by atoms with van der Waals surface area (Å²) in [6, 6.07) is 0.502. The third kappa shape index (κ3) is 5.67. The lowest BCUT2D eigenvalue weighted by molar-refractivity contribution is 0.357. The van der Waals surface area contributed by atoms with E-state index in [9.17, 15) is 0 Å². The van der Waals surface area contributed by atoms with E-state index in [-0.39, 0.29) is 0 Å². The maximum absolute atomic E-state index is 5.50. The van der Waals surface area contributed by atoms with Crippen LogP contribution in [0.1, 0.15) is 45.2 Å². The first kappa shape index (κ1) is 18.0. The van der Waals surface area contributed by atoms with Gasteiger partial charge in [0.25, 0.3) is 0 Å². The van der Waals surface area contributed by atoms with Crippen LogP contribution in [-0.4, -0.2) is 55.0 Å². The van der Waals surface area contributed by atoms with Crippen LogP contribution in [-0.2, 0) is 6.54 Å². The van der Waals surface area contributed by atoms with Gasteiger partial charge in [-0.25, -0.2) is 0 Å². The highest BCUT2D eigenvalue weighted by Crippen LogP contribution is 2.29. The van der Waals surface area contributed by atoms with Crippen LogP contribution in [0.3, 0.4) is 0 Å². The summed E-state index contributed by atoms with van der Waals surface area (Å²) >= 11 is 0. The van der Waals surface area contributed by atoms with Gasteiger partial charge in [-0.2, -0.15) is 5.10 Å². The van der Waals surface area contributed by atoms with Crippen molar-refractivity contribution in [2.45, 2.75) is 52.1 Å². The Morgan fingerprint density at radius 2 is 2.10 bits per heavy atom. The van der Waals surface area contributed by atoms with E-state index in [1.165, 1.54) is 12.1 Å². The van der Waals surface area contributed by atoms with Gasteiger partial charge in [-0.15, -0.1) is 0 Å². The smallest absolute Gasteiger partial charge is 0.160 e. The number of likely N-dealkylation sites (N-methyl/N-ethyl adjacent to an activating group) is 1. The van der Waals surface area contributed by atoms with Gasteiger partial charge in [-0.05, 0) is 40.4 Å². The minimum Gasteiger partial charge on any atom is -0.493 e. The highest BCUT2D eigenvalue weighted by atomic mass is 16.5. The van der Waals surface area contributed by atoms with Crippen molar-refractivity contribution >= 4 is 0 Å². The molecule has 0 aliphatic carbocycles. The maximum Gasteiger partial charge on any atom is 0.160 e. The van der Waals surface area contributed by atoms with Gasteiger partial charge in [-0.1, -0.05) is 13.8 Å². The Bertz CT molecular complexity index is 403. The van der Waals surface area contributed by atoms with Gasteiger partial charge in [0, 0.05) is 18.5 Å². The van der Waals surface area contributed by atoms with Gasteiger partial charge in [0.15, 0.2) is 5.75 Å². The average molecular weight is 296 g/mol. The van der Waals surface area contributed by atoms with Gasteiger partial charge >= 0.3 is 0 Å². The van der Waals surface area contributed by atoms with Crippen molar-refractivity contribution in [3.8, 4) is 5.75 Å². The van der Waals surface area contributed by atoms with E-state index >= 15 is 0 Å². The van der Waals surface area contributed by atoms with Crippen molar-refractivity contribution in [2.75, 3.05) is 34.3 Å². The van der Waals surface area contributed by atoms with Gasteiger partial charge in [0.05, 0.1) is 25.5 Å². The molecule has 1 heterocycles. The number of methoxy groups -OCH3 is 1. The average Bonchev–Trinajstić information content (AvgIpc) is 2.85. The Balaban J connectivity index is 2.75. The first-order valence-electron chi connectivity index (χ1n) is 7.97. The fourth-order valence-electron chi connectivity index (χ4n) is 2.62. The van der Waals surface area contributed by atoms with Crippen LogP contribution < -0.4 is 10.1 Å². The first-order chi connectivity index (χ1) is 9.99. The molecule has 5 nitrogen and oxygen atoms in total. The molecule has 0 aromatic carbocycles. The summed E-state index contributed by atoms with van der Waals surface area (Å²) in [6.45, 7) is 9.66. The molecule has 2 unspecified atom stereocenters. The van der Waals surface area contributed by atoms with Crippen molar-refractivity contribution in [3.05, 3.63) is 11.9 Å². The standard InChI is InChI=1S/C16H32N4O/c1-7-8-17-14(3)11-13(2)16-15(21-6)12-18-20(16)10-9-19(4)5/h12-14,17H,7-11H2,1-6H3. The lowest BCUT2D eigenvalue weighted by Gasteiger charge is -2.21. The number of hydrogen-bond acceptors (Lipinski definition) is 4. The molecule has 0 fully saturated rings. The molecule has 1 N–H and O–H groups in total. The van der Waals surface area contributed by atoms with Crippen LogP contribution in [0.15, 0.2) is 6.20 Å². The Labute approximate surface area is 129 Å². The van der Waals surface area contributed by atoms with Gasteiger partial charge in [0.1, 0.15) is 0 Å². The number of rotatable bonds is 10. The number of nitrogens with one attached hydrogen (secondary N) is 1. The van der Waals surface area contributed by atoms with E-state index in [0.717, 1.165) is 31.8 Å². The second-order valence-corrected chi connectivity index (χ2v) is 6.12. The summed E-state index contributed by atoms with van der Waals surface area (Å²) in [5.41, 5.74) is 1.21. The normalized spacial score (nSPS) is 14.4. The molecule has 21 heavy (non-hydrogen) atoms. The predicted molar refractivity (Wildman–Crippen MR) is 88.1 cm³/mol. The van der Waals surface area contributed by atoms with Crippen molar-refractivity contribution < 1.29 is 4.74 Å². The molecule has 1 aromatic rings. The van der Waals surface area contributed by atoms with Gasteiger partial charge < -0.3 is 15.0 Å². The zero-order valence-electron chi connectivity index (χ0n) is 14.5. The van der Waals surface area contributed by atoms with E-state index in [4.69, 9.17) is 4.74 Å². The van der Waals surface area contributed by atoms with E-state index in [1.54, 1.807) is 7.11 Å². The minimum absolute atomic E-state index is 0.420. The highest BCUT2D eigenvalue weighted by molar-refractivity contribution is 5.28. The summed E-state index contributed by atoms with van der Waals surface area (Å²) in [4.78, 5) is 2.17. The molecule has 0 saturated heterocycles. The highest BCUT2D eigenvalue weighted by Gasteiger charge is 2.20. The maximum atomic E-state index is 5.50. The van der Waals surface area contributed by atoms with Crippen molar-refractivity contribution in [2.24, 2.45) is 0 Å². The fourth-order valence-corrected chi connectivity index (χ4v) is 2.62. The van der Waals surface area contributed by atoms with Crippen LogP contribution in [0.4, 0.5) is 0 Å². The number of nitrogens with zero attached hydrogens (tertiary/aromatic N) is 3. The van der Waals surface area contributed by atoms with E-state index < -0.39 is 0 Å². The summed E-state index contributed by atoms with van der Waals surface area (Å²) in [5.74, 6) is 1.33. The summed E-state index contributed by atoms with van der Waals surface area (Å²) in [7, 11) is 5.89. The molecule has 0 radical (unpaired) electrons.